The fourth-order valence-electron chi connectivity index (χ4n) is 5.18. The van der Waals surface area contributed by atoms with Crippen molar-refractivity contribution in [1.82, 2.24) is 19.9 Å². The molecule has 0 bridgehead atoms. The third kappa shape index (κ3) is 7.02. The number of alkyl carbamates (subject to hydrolysis) is 1. The van der Waals surface area contributed by atoms with Crippen LogP contribution < -0.4 is 16.4 Å². The van der Waals surface area contributed by atoms with Crippen LogP contribution in [-0.2, 0) is 30.7 Å². The van der Waals surface area contributed by atoms with Gasteiger partial charge < -0.3 is 40.1 Å². The number of nitrogen functional groups attached to an aromatic ring is 1. The SMILES string of the molecule is CC(C)CN(C[C@@H](O)[C@H](Cc1ccccc1)NC(=O)OC1COC2OCCNC12)S(=O)(=O)c1ccc2nc(N)oc2c1. The van der Waals surface area contributed by atoms with Gasteiger partial charge in [0.15, 0.2) is 11.9 Å². The first-order chi connectivity index (χ1) is 20.1. The van der Waals surface area contributed by atoms with Crippen molar-refractivity contribution < 1.29 is 36.9 Å². The number of benzene rings is 2. The summed E-state index contributed by atoms with van der Waals surface area (Å²) in [5, 5.41) is 17.5. The lowest BCUT2D eigenvalue weighted by atomic mass is 10.0. The lowest BCUT2D eigenvalue weighted by Gasteiger charge is -2.31. The number of fused-ring (bicyclic) bond motifs is 2. The van der Waals surface area contributed by atoms with Gasteiger partial charge in [0.05, 0.1) is 36.3 Å². The molecule has 5 N–H and O–H groups in total. The molecule has 13 nitrogen and oxygen atoms in total. The Morgan fingerprint density at radius 1 is 1.21 bits per heavy atom. The van der Waals surface area contributed by atoms with Gasteiger partial charge in [-0.3, -0.25) is 0 Å². The van der Waals surface area contributed by atoms with E-state index in [4.69, 9.17) is 24.4 Å². The van der Waals surface area contributed by atoms with Crippen LogP contribution in [0.2, 0.25) is 0 Å². The lowest BCUT2D eigenvalue weighted by Crippen LogP contribution is -2.54. The molecule has 14 heteroatoms. The predicted molar refractivity (Wildman–Crippen MR) is 153 cm³/mol. The van der Waals surface area contributed by atoms with Crippen molar-refractivity contribution in [2.24, 2.45) is 5.92 Å². The average molecular weight is 604 g/mol. The number of sulfonamides is 1. The van der Waals surface area contributed by atoms with Crippen LogP contribution >= 0.6 is 0 Å². The van der Waals surface area contributed by atoms with E-state index < -0.39 is 40.7 Å². The summed E-state index contributed by atoms with van der Waals surface area (Å²) in [6.07, 6.45) is -2.86. The monoisotopic (exact) mass is 603 g/mol. The molecule has 2 saturated heterocycles. The lowest BCUT2D eigenvalue weighted by molar-refractivity contribution is -0.137. The fraction of sp³-hybridized carbons (Fsp3) is 0.500. The number of nitrogens with zero attached hydrogens (tertiary/aromatic N) is 2. The number of ether oxygens (including phenoxy) is 3. The second kappa shape index (κ2) is 12.9. The number of aliphatic hydroxyl groups is 1. The minimum atomic E-state index is -4.08. The second-order valence-electron chi connectivity index (χ2n) is 10.9. The summed E-state index contributed by atoms with van der Waals surface area (Å²) in [6.45, 7) is 4.90. The van der Waals surface area contributed by atoms with Gasteiger partial charge in [0, 0.05) is 25.7 Å². The molecular weight excluding hydrogens is 566 g/mol. The summed E-state index contributed by atoms with van der Waals surface area (Å²) < 4.78 is 51.0. The molecular formula is C28H37N5O8S. The number of hydrogen-bond acceptors (Lipinski definition) is 11. The number of morpholine rings is 1. The van der Waals surface area contributed by atoms with Crippen LogP contribution in [0, 0.1) is 5.92 Å². The first-order valence-electron chi connectivity index (χ1n) is 13.9. The largest absolute Gasteiger partial charge is 0.442 e. The fourth-order valence-corrected chi connectivity index (χ4v) is 6.82. The number of anilines is 1. The molecule has 2 fully saturated rings. The van der Waals surface area contributed by atoms with Crippen molar-refractivity contribution in [3.05, 3.63) is 54.1 Å². The maximum absolute atomic E-state index is 13.8. The van der Waals surface area contributed by atoms with Crippen LogP contribution in [0.1, 0.15) is 19.4 Å². The van der Waals surface area contributed by atoms with Crippen molar-refractivity contribution in [3.63, 3.8) is 0 Å². The second-order valence-corrected chi connectivity index (χ2v) is 12.8. The Bertz CT molecular complexity index is 1470. The van der Waals surface area contributed by atoms with E-state index in [1.165, 1.54) is 22.5 Å². The van der Waals surface area contributed by atoms with Gasteiger partial charge in [-0.25, -0.2) is 13.2 Å². The molecule has 0 spiro atoms. The molecule has 1 amide bonds. The molecule has 0 radical (unpaired) electrons. The Balaban J connectivity index is 1.34. The van der Waals surface area contributed by atoms with Gasteiger partial charge in [-0.15, -0.1) is 0 Å². The number of rotatable bonds is 11. The zero-order valence-corrected chi connectivity index (χ0v) is 24.3. The summed E-state index contributed by atoms with van der Waals surface area (Å²) in [4.78, 5) is 17.1. The highest BCUT2D eigenvalue weighted by molar-refractivity contribution is 7.89. The number of aromatic nitrogens is 1. The van der Waals surface area contributed by atoms with E-state index in [-0.39, 0.29) is 54.6 Å². The zero-order chi connectivity index (χ0) is 29.9. The molecule has 3 unspecified atom stereocenters. The van der Waals surface area contributed by atoms with Crippen molar-refractivity contribution >= 4 is 33.2 Å². The number of nitrogens with one attached hydrogen (secondary N) is 2. The number of aliphatic hydroxyl groups excluding tert-OH is 1. The zero-order valence-electron chi connectivity index (χ0n) is 23.5. The Kier molecular flexibility index (Phi) is 9.30. The molecule has 2 aromatic carbocycles. The van der Waals surface area contributed by atoms with E-state index in [1.54, 1.807) is 0 Å². The van der Waals surface area contributed by atoms with E-state index in [0.717, 1.165) is 5.56 Å². The highest BCUT2D eigenvalue weighted by Crippen LogP contribution is 2.25. The van der Waals surface area contributed by atoms with Crippen LogP contribution in [0.15, 0.2) is 57.8 Å². The van der Waals surface area contributed by atoms with E-state index in [0.29, 0.717) is 18.7 Å². The molecule has 5 atom stereocenters. The van der Waals surface area contributed by atoms with Gasteiger partial charge in [0.1, 0.15) is 11.6 Å². The van der Waals surface area contributed by atoms with Crippen LogP contribution in [0.5, 0.6) is 0 Å². The van der Waals surface area contributed by atoms with Crippen LogP contribution in [-0.4, -0.2) is 92.3 Å². The molecule has 0 saturated carbocycles. The third-order valence-electron chi connectivity index (χ3n) is 7.18. The van der Waals surface area contributed by atoms with Crippen LogP contribution in [0.4, 0.5) is 10.8 Å². The van der Waals surface area contributed by atoms with Gasteiger partial charge in [0.25, 0.3) is 6.01 Å². The minimum Gasteiger partial charge on any atom is -0.442 e. The molecule has 3 heterocycles. The smallest absolute Gasteiger partial charge is 0.407 e. The Labute approximate surface area is 244 Å². The van der Waals surface area contributed by atoms with Crippen molar-refractivity contribution in [2.75, 3.05) is 38.6 Å². The number of amides is 1. The minimum absolute atomic E-state index is 0.0241. The first-order valence-corrected chi connectivity index (χ1v) is 15.4. The van der Waals surface area contributed by atoms with Gasteiger partial charge in [-0.05, 0) is 30.0 Å². The number of hydrogen-bond donors (Lipinski definition) is 4. The van der Waals surface area contributed by atoms with Crippen molar-refractivity contribution in [1.29, 1.82) is 0 Å². The maximum atomic E-state index is 13.8. The van der Waals surface area contributed by atoms with Gasteiger partial charge in [-0.1, -0.05) is 44.2 Å². The Morgan fingerprint density at radius 2 is 2.00 bits per heavy atom. The average Bonchev–Trinajstić information content (AvgIpc) is 3.54. The maximum Gasteiger partial charge on any atom is 0.407 e. The molecule has 42 heavy (non-hydrogen) atoms. The molecule has 5 rings (SSSR count). The normalized spacial score (nSPS) is 22.3. The van der Waals surface area contributed by atoms with Gasteiger partial charge in [0.2, 0.25) is 10.0 Å². The summed E-state index contributed by atoms with van der Waals surface area (Å²) in [7, 11) is -4.08. The molecule has 2 aliphatic heterocycles. The highest BCUT2D eigenvalue weighted by atomic mass is 32.2. The molecule has 3 aromatic rings. The summed E-state index contributed by atoms with van der Waals surface area (Å²) in [5.74, 6) is -0.0531. The predicted octanol–water partition coefficient (Wildman–Crippen LogP) is 1.47. The van der Waals surface area contributed by atoms with Crippen molar-refractivity contribution in [2.45, 2.75) is 55.7 Å². The third-order valence-corrected chi connectivity index (χ3v) is 9.01. The standard InChI is InChI=1S/C28H37N5O8S/c1-17(2)14-33(42(36,37)19-8-9-20-23(13-19)40-27(29)31-20)15-22(34)21(12-18-6-4-3-5-7-18)32-28(35)41-24-16-39-26-25(24)30-10-11-38-26/h3-9,13,17,21-22,24-26,30,34H,10-12,14-16H2,1-2H3,(H2,29,31)(H,32,35)/t21-,22+,24?,25?,26?/m0/s1. The molecule has 228 valence electrons. The number of oxazole rings is 1. The van der Waals surface area contributed by atoms with E-state index >= 15 is 0 Å². The summed E-state index contributed by atoms with van der Waals surface area (Å²) in [6, 6.07) is 12.4. The highest BCUT2D eigenvalue weighted by Gasteiger charge is 2.42. The Morgan fingerprint density at radius 3 is 2.76 bits per heavy atom. The summed E-state index contributed by atoms with van der Waals surface area (Å²) in [5.41, 5.74) is 7.15. The first kappa shape index (κ1) is 30.2. The molecule has 0 aliphatic carbocycles. The van der Waals surface area contributed by atoms with Gasteiger partial charge in [-0.2, -0.15) is 9.29 Å². The number of carbonyl (C=O) groups excluding carboxylic acids is 1. The van der Waals surface area contributed by atoms with Crippen molar-refractivity contribution in [3.8, 4) is 0 Å². The topological polar surface area (TPSA) is 178 Å². The van der Waals surface area contributed by atoms with Crippen LogP contribution in [0.3, 0.4) is 0 Å². The number of nitrogens with two attached hydrogens (primary N) is 1. The van der Waals surface area contributed by atoms with E-state index in [2.05, 4.69) is 15.6 Å². The molecule has 2 aliphatic rings. The molecule has 1 aromatic heterocycles. The Hall–Kier alpha value is -3.27. The quantitative estimate of drug-likeness (QED) is 0.249. The number of carbonyl (C=O) groups is 1. The van der Waals surface area contributed by atoms with Gasteiger partial charge >= 0.3 is 6.09 Å². The van der Waals surface area contributed by atoms with E-state index in [1.807, 2.05) is 44.2 Å². The van der Waals surface area contributed by atoms with Crippen LogP contribution in [0.25, 0.3) is 11.1 Å². The summed E-state index contributed by atoms with van der Waals surface area (Å²) >= 11 is 0. The van der Waals surface area contributed by atoms with E-state index in [9.17, 15) is 18.3 Å².